The SMILES string of the molecule is CCOC(=O)C1CCN(c2ncc(-c3ccsc3)c(-c3nccs3)n2)CC1. The van der Waals surface area contributed by atoms with Gasteiger partial charge in [0.1, 0.15) is 10.7 Å². The summed E-state index contributed by atoms with van der Waals surface area (Å²) in [7, 11) is 0. The highest BCUT2D eigenvalue weighted by Gasteiger charge is 2.27. The molecular weight excluding hydrogens is 380 g/mol. The predicted octanol–water partition coefficient (Wildman–Crippen LogP) is 4.11. The number of esters is 1. The summed E-state index contributed by atoms with van der Waals surface area (Å²) in [4.78, 5) is 28.0. The number of carbonyl (C=O) groups is 1. The van der Waals surface area contributed by atoms with Crippen molar-refractivity contribution in [2.75, 3.05) is 24.6 Å². The van der Waals surface area contributed by atoms with Crippen molar-refractivity contribution in [1.82, 2.24) is 15.0 Å². The summed E-state index contributed by atoms with van der Waals surface area (Å²) < 4.78 is 5.15. The first kappa shape index (κ1) is 18.1. The quantitative estimate of drug-likeness (QED) is 0.601. The summed E-state index contributed by atoms with van der Waals surface area (Å²) in [5, 5.41) is 7.00. The lowest BCUT2D eigenvalue weighted by molar-refractivity contribution is -0.148. The molecule has 0 amide bonds. The average Bonchev–Trinajstić information content (AvgIpc) is 3.42. The van der Waals surface area contributed by atoms with Crippen LogP contribution < -0.4 is 4.90 Å². The number of anilines is 1. The van der Waals surface area contributed by atoms with Gasteiger partial charge in [-0.15, -0.1) is 11.3 Å². The number of thiazole rings is 1. The van der Waals surface area contributed by atoms with Crippen LogP contribution in [-0.4, -0.2) is 40.6 Å². The molecule has 3 aromatic heterocycles. The number of thiophene rings is 1. The Kier molecular flexibility index (Phi) is 5.45. The molecule has 1 aliphatic heterocycles. The Labute approximate surface area is 165 Å². The van der Waals surface area contributed by atoms with Gasteiger partial charge in [0, 0.05) is 36.4 Å². The average molecular weight is 401 g/mol. The smallest absolute Gasteiger partial charge is 0.309 e. The first-order chi connectivity index (χ1) is 13.3. The summed E-state index contributed by atoms with van der Waals surface area (Å²) >= 11 is 3.23. The Morgan fingerprint density at radius 3 is 2.81 bits per heavy atom. The van der Waals surface area contributed by atoms with E-state index in [9.17, 15) is 4.79 Å². The number of aromatic nitrogens is 3. The van der Waals surface area contributed by atoms with Gasteiger partial charge >= 0.3 is 5.97 Å². The molecule has 27 heavy (non-hydrogen) atoms. The van der Waals surface area contributed by atoms with Crippen molar-refractivity contribution >= 4 is 34.6 Å². The highest BCUT2D eigenvalue weighted by molar-refractivity contribution is 7.13. The molecule has 0 aliphatic carbocycles. The second-order valence-electron chi connectivity index (χ2n) is 6.29. The Balaban J connectivity index is 1.58. The van der Waals surface area contributed by atoms with E-state index in [1.807, 2.05) is 18.5 Å². The van der Waals surface area contributed by atoms with Crippen LogP contribution in [0.2, 0.25) is 0 Å². The van der Waals surface area contributed by atoms with Gasteiger partial charge in [-0.1, -0.05) is 0 Å². The van der Waals surface area contributed by atoms with Crippen LogP contribution in [0.3, 0.4) is 0 Å². The molecule has 1 fully saturated rings. The van der Waals surface area contributed by atoms with E-state index < -0.39 is 0 Å². The molecule has 0 spiro atoms. The molecule has 1 saturated heterocycles. The first-order valence-corrected chi connectivity index (χ1v) is 10.8. The number of hydrogen-bond donors (Lipinski definition) is 0. The van der Waals surface area contributed by atoms with Crippen LogP contribution in [0.5, 0.6) is 0 Å². The Morgan fingerprint density at radius 1 is 1.30 bits per heavy atom. The number of nitrogens with zero attached hydrogens (tertiary/aromatic N) is 4. The van der Waals surface area contributed by atoms with Gasteiger partial charge < -0.3 is 9.64 Å². The first-order valence-electron chi connectivity index (χ1n) is 8.97. The lowest BCUT2D eigenvalue weighted by Crippen LogP contribution is -2.38. The van der Waals surface area contributed by atoms with E-state index in [2.05, 4.69) is 31.7 Å². The molecule has 0 saturated carbocycles. The van der Waals surface area contributed by atoms with Gasteiger partial charge in [0.25, 0.3) is 0 Å². The Morgan fingerprint density at radius 2 is 2.15 bits per heavy atom. The van der Waals surface area contributed by atoms with Crippen molar-refractivity contribution in [2.24, 2.45) is 5.92 Å². The van der Waals surface area contributed by atoms with E-state index in [1.165, 1.54) is 0 Å². The number of rotatable bonds is 5. The van der Waals surface area contributed by atoms with Gasteiger partial charge in [-0.3, -0.25) is 4.79 Å². The van der Waals surface area contributed by atoms with Crippen molar-refractivity contribution in [3.05, 3.63) is 34.6 Å². The molecule has 140 valence electrons. The van der Waals surface area contributed by atoms with E-state index in [1.54, 1.807) is 28.9 Å². The monoisotopic (exact) mass is 400 g/mol. The molecule has 0 atom stereocenters. The maximum Gasteiger partial charge on any atom is 0.309 e. The largest absolute Gasteiger partial charge is 0.466 e. The maximum absolute atomic E-state index is 11.9. The van der Waals surface area contributed by atoms with Crippen molar-refractivity contribution in [3.63, 3.8) is 0 Å². The summed E-state index contributed by atoms with van der Waals surface area (Å²) in [5.74, 6) is 0.584. The highest BCUT2D eigenvalue weighted by atomic mass is 32.1. The fourth-order valence-corrected chi connectivity index (χ4v) is 4.53. The summed E-state index contributed by atoms with van der Waals surface area (Å²) in [6, 6.07) is 2.07. The Hall–Kier alpha value is -2.32. The Bertz CT molecular complexity index is 889. The van der Waals surface area contributed by atoms with Crippen LogP contribution >= 0.6 is 22.7 Å². The summed E-state index contributed by atoms with van der Waals surface area (Å²) in [5.41, 5.74) is 2.97. The van der Waals surface area contributed by atoms with Crippen molar-refractivity contribution in [3.8, 4) is 21.8 Å². The number of piperidine rings is 1. The zero-order valence-corrected chi connectivity index (χ0v) is 16.6. The molecule has 3 aromatic rings. The summed E-state index contributed by atoms with van der Waals surface area (Å²) in [6.45, 7) is 3.77. The second-order valence-corrected chi connectivity index (χ2v) is 7.97. The fourth-order valence-electron chi connectivity index (χ4n) is 3.23. The molecule has 0 N–H and O–H groups in total. The molecule has 0 bridgehead atoms. The minimum Gasteiger partial charge on any atom is -0.466 e. The van der Waals surface area contributed by atoms with Crippen LogP contribution in [0, 0.1) is 5.92 Å². The normalized spacial score (nSPS) is 15.1. The molecule has 4 rings (SSSR count). The van der Waals surface area contributed by atoms with E-state index in [0.717, 1.165) is 47.8 Å². The lowest BCUT2D eigenvalue weighted by atomic mass is 9.97. The topological polar surface area (TPSA) is 68.2 Å². The third kappa shape index (κ3) is 3.86. The van der Waals surface area contributed by atoms with E-state index in [4.69, 9.17) is 9.72 Å². The molecule has 4 heterocycles. The van der Waals surface area contributed by atoms with Gasteiger partial charge in [0.2, 0.25) is 5.95 Å². The zero-order valence-electron chi connectivity index (χ0n) is 15.0. The van der Waals surface area contributed by atoms with Gasteiger partial charge in [-0.2, -0.15) is 11.3 Å². The summed E-state index contributed by atoms with van der Waals surface area (Å²) in [6.07, 6.45) is 5.21. The van der Waals surface area contributed by atoms with Crippen LogP contribution in [0.25, 0.3) is 21.8 Å². The van der Waals surface area contributed by atoms with Gasteiger partial charge in [0.05, 0.1) is 12.5 Å². The van der Waals surface area contributed by atoms with Gasteiger partial charge in [-0.05, 0) is 42.2 Å². The number of carbonyl (C=O) groups excluding carboxylic acids is 1. The van der Waals surface area contributed by atoms with E-state index in [0.29, 0.717) is 12.6 Å². The predicted molar refractivity (Wildman–Crippen MR) is 108 cm³/mol. The fraction of sp³-hybridized carbons (Fsp3) is 0.368. The second kappa shape index (κ2) is 8.14. The standard InChI is InChI=1S/C19H20N4O2S2/c1-2-25-18(24)13-3-7-23(8-4-13)19-21-11-15(14-5-9-26-12-14)16(22-19)17-20-6-10-27-17/h5-6,9-13H,2-4,7-8H2,1H3. The molecular formula is C19H20N4O2S2. The van der Waals surface area contributed by atoms with Crippen molar-refractivity contribution < 1.29 is 9.53 Å². The maximum atomic E-state index is 11.9. The highest BCUT2D eigenvalue weighted by Crippen LogP contribution is 2.34. The van der Waals surface area contributed by atoms with Crippen molar-refractivity contribution in [1.29, 1.82) is 0 Å². The third-order valence-electron chi connectivity index (χ3n) is 4.64. The third-order valence-corrected chi connectivity index (χ3v) is 6.10. The van der Waals surface area contributed by atoms with Crippen molar-refractivity contribution in [2.45, 2.75) is 19.8 Å². The molecule has 8 heteroatoms. The number of ether oxygens (including phenoxy) is 1. The minimum absolute atomic E-state index is 0.0234. The van der Waals surface area contributed by atoms with Crippen LogP contribution in [0.15, 0.2) is 34.6 Å². The van der Waals surface area contributed by atoms with E-state index in [-0.39, 0.29) is 11.9 Å². The van der Waals surface area contributed by atoms with Crippen LogP contribution in [-0.2, 0) is 9.53 Å². The van der Waals surface area contributed by atoms with Gasteiger partial charge in [0.15, 0.2) is 0 Å². The molecule has 0 aromatic carbocycles. The molecule has 0 radical (unpaired) electrons. The van der Waals surface area contributed by atoms with Crippen LogP contribution in [0.4, 0.5) is 5.95 Å². The molecule has 0 unspecified atom stereocenters. The lowest BCUT2D eigenvalue weighted by Gasteiger charge is -2.31. The number of hydrogen-bond acceptors (Lipinski definition) is 8. The van der Waals surface area contributed by atoms with Crippen LogP contribution in [0.1, 0.15) is 19.8 Å². The minimum atomic E-state index is -0.0886. The zero-order chi connectivity index (χ0) is 18.6. The van der Waals surface area contributed by atoms with Gasteiger partial charge in [-0.25, -0.2) is 15.0 Å². The van der Waals surface area contributed by atoms with E-state index >= 15 is 0 Å². The molecule has 6 nitrogen and oxygen atoms in total. The molecule has 1 aliphatic rings.